The highest BCUT2D eigenvalue weighted by Crippen LogP contribution is 2.22. The first kappa shape index (κ1) is 11.2. The second-order valence-corrected chi connectivity index (χ2v) is 4.56. The molecule has 0 bridgehead atoms. The molecule has 0 radical (unpaired) electrons. The van der Waals surface area contributed by atoms with Crippen LogP contribution < -0.4 is 5.73 Å². The summed E-state index contributed by atoms with van der Waals surface area (Å²) in [5.41, 5.74) is 5.60. The van der Waals surface area contributed by atoms with E-state index in [1.54, 1.807) is 6.20 Å². The topological polar surface area (TPSA) is 43.8 Å². The molecular formula is C10H17N3S. The summed E-state index contributed by atoms with van der Waals surface area (Å²) in [7, 11) is 0. The fourth-order valence-electron chi connectivity index (χ4n) is 1.24. The Kier molecular flexibility index (Phi) is 3.63. The largest absolute Gasteiger partial charge is 0.393 e. The van der Waals surface area contributed by atoms with E-state index in [2.05, 4.69) is 18.9 Å². The van der Waals surface area contributed by atoms with E-state index in [1.165, 1.54) is 0 Å². The highest BCUT2D eigenvalue weighted by molar-refractivity contribution is 7.80. The van der Waals surface area contributed by atoms with Crippen LogP contribution >= 0.6 is 12.2 Å². The molecular weight excluding hydrogens is 194 g/mol. The van der Waals surface area contributed by atoms with Gasteiger partial charge in [-0.3, -0.25) is 4.68 Å². The lowest BCUT2D eigenvalue weighted by Gasteiger charge is -2.22. The molecule has 3 nitrogen and oxygen atoms in total. The van der Waals surface area contributed by atoms with Crippen LogP contribution in [0, 0.1) is 5.41 Å². The summed E-state index contributed by atoms with van der Waals surface area (Å²) in [6.07, 6.45) is 5.81. The van der Waals surface area contributed by atoms with Crippen molar-refractivity contribution in [1.82, 2.24) is 9.78 Å². The number of aryl methyl sites for hydroxylation is 1. The quantitative estimate of drug-likeness (QED) is 0.757. The zero-order chi connectivity index (χ0) is 10.6. The summed E-state index contributed by atoms with van der Waals surface area (Å²) in [5.74, 6) is 0. The molecule has 0 aliphatic rings. The van der Waals surface area contributed by atoms with Gasteiger partial charge >= 0.3 is 0 Å². The van der Waals surface area contributed by atoms with Crippen molar-refractivity contribution in [2.45, 2.75) is 33.2 Å². The van der Waals surface area contributed by atoms with E-state index in [-0.39, 0.29) is 5.41 Å². The average molecular weight is 211 g/mol. The minimum atomic E-state index is -0.0392. The van der Waals surface area contributed by atoms with Crippen molar-refractivity contribution in [2.24, 2.45) is 11.1 Å². The lowest BCUT2D eigenvalue weighted by Crippen LogP contribution is -2.29. The van der Waals surface area contributed by atoms with Crippen LogP contribution in [0.5, 0.6) is 0 Å². The first-order valence-electron chi connectivity index (χ1n) is 4.80. The fraction of sp³-hybridized carbons (Fsp3) is 0.600. The molecule has 0 fully saturated rings. The van der Waals surface area contributed by atoms with Crippen LogP contribution in [-0.2, 0) is 6.54 Å². The van der Waals surface area contributed by atoms with E-state index < -0.39 is 0 Å². The summed E-state index contributed by atoms with van der Waals surface area (Å²) in [6.45, 7) is 5.09. The standard InChI is InChI=1S/C10H17N3S/c1-10(2,9(11)14)5-3-7-13-8-4-6-12-13/h4,6,8H,3,5,7H2,1-2H3,(H2,11,14). The molecule has 0 aliphatic heterocycles. The Morgan fingerprint density at radius 1 is 1.57 bits per heavy atom. The predicted molar refractivity (Wildman–Crippen MR) is 62.0 cm³/mol. The van der Waals surface area contributed by atoms with E-state index >= 15 is 0 Å². The molecule has 0 saturated heterocycles. The Morgan fingerprint density at radius 3 is 2.79 bits per heavy atom. The van der Waals surface area contributed by atoms with Crippen molar-refractivity contribution in [1.29, 1.82) is 0 Å². The lowest BCUT2D eigenvalue weighted by atomic mass is 9.88. The van der Waals surface area contributed by atoms with Crippen LogP contribution in [0.15, 0.2) is 18.5 Å². The van der Waals surface area contributed by atoms with Crippen LogP contribution in [0.3, 0.4) is 0 Å². The zero-order valence-electron chi connectivity index (χ0n) is 8.73. The average Bonchev–Trinajstić information content (AvgIpc) is 2.56. The molecule has 4 heteroatoms. The molecule has 0 aromatic carbocycles. The van der Waals surface area contributed by atoms with E-state index in [0.29, 0.717) is 4.99 Å². The molecule has 1 aromatic heterocycles. The van der Waals surface area contributed by atoms with Gasteiger partial charge in [-0.05, 0) is 18.9 Å². The number of nitrogens with two attached hydrogens (primary N) is 1. The van der Waals surface area contributed by atoms with Gasteiger partial charge in [0.15, 0.2) is 0 Å². The molecule has 2 N–H and O–H groups in total. The number of rotatable bonds is 5. The normalized spacial score (nSPS) is 11.6. The second kappa shape index (κ2) is 4.55. The van der Waals surface area contributed by atoms with Crippen LogP contribution in [0.25, 0.3) is 0 Å². The van der Waals surface area contributed by atoms with Crippen LogP contribution in [0.4, 0.5) is 0 Å². The van der Waals surface area contributed by atoms with Gasteiger partial charge in [0.1, 0.15) is 0 Å². The van der Waals surface area contributed by atoms with Crippen molar-refractivity contribution in [3.05, 3.63) is 18.5 Å². The van der Waals surface area contributed by atoms with Crippen LogP contribution in [0.1, 0.15) is 26.7 Å². The lowest BCUT2D eigenvalue weighted by molar-refractivity contribution is 0.426. The van der Waals surface area contributed by atoms with Crippen molar-refractivity contribution in [3.8, 4) is 0 Å². The number of thiocarbonyl (C=S) groups is 1. The molecule has 1 heterocycles. The summed E-state index contributed by atoms with van der Waals surface area (Å²) in [6, 6.07) is 1.93. The van der Waals surface area contributed by atoms with E-state index in [9.17, 15) is 0 Å². The SMILES string of the molecule is CC(C)(CCCn1cccn1)C(N)=S. The number of hydrogen-bond acceptors (Lipinski definition) is 2. The maximum absolute atomic E-state index is 5.64. The van der Waals surface area contributed by atoms with Crippen molar-refractivity contribution in [3.63, 3.8) is 0 Å². The Bertz CT molecular complexity index is 290. The summed E-state index contributed by atoms with van der Waals surface area (Å²) in [4.78, 5) is 0.595. The van der Waals surface area contributed by atoms with Gasteiger partial charge in [-0.1, -0.05) is 26.1 Å². The number of aromatic nitrogens is 2. The van der Waals surface area contributed by atoms with Gasteiger partial charge in [-0.2, -0.15) is 5.10 Å². The van der Waals surface area contributed by atoms with Crippen molar-refractivity contribution < 1.29 is 0 Å². The molecule has 14 heavy (non-hydrogen) atoms. The Labute approximate surface area is 90.3 Å². The van der Waals surface area contributed by atoms with Gasteiger partial charge in [-0.15, -0.1) is 0 Å². The van der Waals surface area contributed by atoms with Gasteiger partial charge in [0.2, 0.25) is 0 Å². The highest BCUT2D eigenvalue weighted by atomic mass is 32.1. The molecule has 0 spiro atoms. The molecule has 1 aromatic rings. The smallest absolute Gasteiger partial charge is 0.0784 e. The number of nitrogens with zero attached hydrogens (tertiary/aromatic N) is 2. The maximum Gasteiger partial charge on any atom is 0.0784 e. The molecule has 0 amide bonds. The van der Waals surface area contributed by atoms with Crippen molar-refractivity contribution >= 4 is 17.2 Å². The minimum absolute atomic E-state index is 0.0392. The highest BCUT2D eigenvalue weighted by Gasteiger charge is 2.20. The maximum atomic E-state index is 5.64. The monoisotopic (exact) mass is 211 g/mol. The minimum Gasteiger partial charge on any atom is -0.393 e. The Hall–Kier alpha value is -0.900. The molecule has 0 unspecified atom stereocenters. The molecule has 1 rings (SSSR count). The third-order valence-electron chi connectivity index (χ3n) is 2.42. The van der Waals surface area contributed by atoms with Gasteiger partial charge in [0.05, 0.1) is 4.99 Å². The van der Waals surface area contributed by atoms with Crippen LogP contribution in [-0.4, -0.2) is 14.8 Å². The zero-order valence-corrected chi connectivity index (χ0v) is 9.55. The molecule has 78 valence electrons. The van der Waals surface area contributed by atoms with Gasteiger partial charge in [-0.25, -0.2) is 0 Å². The summed E-state index contributed by atoms with van der Waals surface area (Å²) >= 11 is 5.00. The third kappa shape index (κ3) is 3.10. The first-order chi connectivity index (χ1) is 6.52. The summed E-state index contributed by atoms with van der Waals surface area (Å²) in [5, 5.41) is 4.13. The molecule has 0 aliphatic carbocycles. The fourth-order valence-corrected chi connectivity index (χ4v) is 1.34. The Balaban J connectivity index is 2.31. The van der Waals surface area contributed by atoms with Gasteiger partial charge in [0, 0.05) is 24.4 Å². The molecule has 0 saturated carbocycles. The number of hydrogen-bond donors (Lipinski definition) is 1. The van der Waals surface area contributed by atoms with E-state index in [1.807, 2.05) is 16.9 Å². The summed E-state index contributed by atoms with van der Waals surface area (Å²) < 4.78 is 1.93. The first-order valence-corrected chi connectivity index (χ1v) is 5.20. The van der Waals surface area contributed by atoms with Crippen LogP contribution in [0.2, 0.25) is 0 Å². The third-order valence-corrected chi connectivity index (χ3v) is 2.97. The molecule has 0 atom stereocenters. The van der Waals surface area contributed by atoms with Gasteiger partial charge < -0.3 is 5.73 Å². The second-order valence-electron chi connectivity index (χ2n) is 4.12. The predicted octanol–water partition coefficient (Wildman–Crippen LogP) is 1.98. The van der Waals surface area contributed by atoms with E-state index in [0.717, 1.165) is 19.4 Å². The van der Waals surface area contributed by atoms with E-state index in [4.69, 9.17) is 18.0 Å². The Morgan fingerprint density at radius 2 is 2.29 bits per heavy atom. The van der Waals surface area contributed by atoms with Gasteiger partial charge in [0.25, 0.3) is 0 Å². The van der Waals surface area contributed by atoms with Crippen molar-refractivity contribution in [2.75, 3.05) is 0 Å².